The van der Waals surface area contributed by atoms with Gasteiger partial charge in [0.25, 0.3) is 5.91 Å². The first kappa shape index (κ1) is 30.8. The molecule has 0 aliphatic rings. The highest BCUT2D eigenvalue weighted by atomic mass is 127. The zero-order chi connectivity index (χ0) is 30.2. The van der Waals surface area contributed by atoms with Crippen LogP contribution in [-0.4, -0.2) is 23.7 Å². The summed E-state index contributed by atoms with van der Waals surface area (Å²) < 4.78 is 12.8. The first-order chi connectivity index (χ1) is 20.9. The number of hydrogen-bond donors (Lipinski definition) is 2. The van der Waals surface area contributed by atoms with Gasteiger partial charge in [0, 0.05) is 32.2 Å². The molecule has 43 heavy (non-hydrogen) atoms. The van der Waals surface area contributed by atoms with Crippen molar-refractivity contribution in [3.05, 3.63) is 121 Å². The zero-order valence-electron chi connectivity index (χ0n) is 22.8. The quantitative estimate of drug-likeness (QED) is 0.0801. The van der Waals surface area contributed by atoms with Crippen molar-refractivity contribution < 1.29 is 14.3 Å². The highest BCUT2D eigenvalue weighted by Crippen LogP contribution is 2.35. The van der Waals surface area contributed by atoms with Crippen molar-refractivity contribution in [2.24, 2.45) is 5.10 Å². The third-order valence-corrected chi connectivity index (χ3v) is 8.07. The van der Waals surface area contributed by atoms with Crippen LogP contribution in [0.2, 0.25) is 10.0 Å². The summed E-state index contributed by atoms with van der Waals surface area (Å²) >= 11 is 15.7. The second-order valence-electron chi connectivity index (χ2n) is 9.13. The van der Waals surface area contributed by atoms with Crippen molar-refractivity contribution in [2.75, 3.05) is 11.9 Å². The van der Waals surface area contributed by atoms with E-state index in [0.717, 1.165) is 36.8 Å². The predicted octanol–water partition coefficient (Wildman–Crippen LogP) is 9.21. The Balaban J connectivity index is 1.20. The highest BCUT2D eigenvalue weighted by molar-refractivity contribution is 14.1. The second kappa shape index (κ2) is 14.7. The number of carbonyl (C=O) groups is 1. The number of nitrogens with one attached hydrogen (secondary N) is 2. The summed E-state index contributed by atoms with van der Waals surface area (Å²) in [6, 6.07) is 25.9. The summed E-state index contributed by atoms with van der Waals surface area (Å²) in [5.74, 6) is 0.900. The van der Waals surface area contributed by atoms with E-state index in [-0.39, 0.29) is 5.91 Å². The van der Waals surface area contributed by atoms with E-state index in [9.17, 15) is 4.79 Å². The number of amides is 1. The van der Waals surface area contributed by atoms with Crippen LogP contribution in [0.4, 0.5) is 10.8 Å². The van der Waals surface area contributed by atoms with E-state index in [1.54, 1.807) is 18.3 Å². The Kier molecular flexibility index (Phi) is 10.5. The molecule has 5 rings (SSSR count). The molecule has 11 heteroatoms. The lowest BCUT2D eigenvalue weighted by Crippen LogP contribution is -2.17. The van der Waals surface area contributed by atoms with E-state index < -0.39 is 0 Å². The van der Waals surface area contributed by atoms with Gasteiger partial charge >= 0.3 is 0 Å². The van der Waals surface area contributed by atoms with Crippen molar-refractivity contribution in [2.45, 2.75) is 13.5 Å². The smallest absolute Gasteiger partial charge is 0.271 e. The minimum Gasteiger partial charge on any atom is -0.490 e. The first-order valence-electron chi connectivity index (χ1n) is 13.1. The van der Waals surface area contributed by atoms with Gasteiger partial charge in [-0.15, -0.1) is 11.3 Å². The zero-order valence-corrected chi connectivity index (χ0v) is 27.3. The highest BCUT2D eigenvalue weighted by Gasteiger charge is 2.13. The molecule has 0 aliphatic heterocycles. The summed E-state index contributed by atoms with van der Waals surface area (Å²) in [7, 11) is 0. The lowest BCUT2D eigenvalue weighted by atomic mass is 10.1. The fraction of sp³-hybridized carbons (Fsp3) is 0.0938. The Morgan fingerprint density at radius 2 is 1.79 bits per heavy atom. The standard InChI is InChI=1S/C32H25Cl2IN4O3S/c1-2-41-29-16-21(15-27(35)30(29)42-18-20-4-3-5-25(34)14-20)17-36-39-31(40)23-8-6-22(7-9-23)28-19-43-32(38-28)37-26-12-10-24(33)11-13-26/h3-17,19H,2,18H2,1H3,(H,37,38)(H,39,40)/b36-17-. The van der Waals surface area contributed by atoms with Gasteiger partial charge < -0.3 is 14.8 Å². The van der Waals surface area contributed by atoms with E-state index in [4.69, 9.17) is 32.7 Å². The number of hydrazone groups is 1. The Morgan fingerprint density at radius 3 is 2.53 bits per heavy atom. The molecule has 7 nitrogen and oxygen atoms in total. The average molecular weight is 743 g/mol. The van der Waals surface area contributed by atoms with Crippen LogP contribution in [0.25, 0.3) is 11.3 Å². The molecule has 0 unspecified atom stereocenters. The molecule has 0 fully saturated rings. The van der Waals surface area contributed by atoms with Gasteiger partial charge in [-0.3, -0.25) is 4.79 Å². The molecule has 5 aromatic rings. The van der Waals surface area contributed by atoms with Crippen LogP contribution in [0.5, 0.6) is 11.5 Å². The molecule has 0 atom stereocenters. The second-order valence-corrected chi connectivity index (χ2v) is 12.0. The van der Waals surface area contributed by atoms with E-state index >= 15 is 0 Å². The molecular formula is C32H25Cl2IN4O3S. The van der Waals surface area contributed by atoms with Crippen molar-refractivity contribution >= 4 is 80.1 Å². The molecule has 1 heterocycles. The molecular weight excluding hydrogens is 718 g/mol. The normalized spacial score (nSPS) is 11.0. The minimum atomic E-state index is -0.327. The van der Waals surface area contributed by atoms with E-state index in [0.29, 0.717) is 40.3 Å². The van der Waals surface area contributed by atoms with Crippen LogP contribution in [0.3, 0.4) is 0 Å². The Labute approximate surface area is 277 Å². The SMILES string of the molecule is CCOc1cc(/C=N\NC(=O)c2ccc(-c3csc(Nc4ccc(Cl)cc4)n3)cc2)cc(I)c1OCc1cccc(Cl)c1. The molecule has 0 saturated heterocycles. The fourth-order valence-electron chi connectivity index (χ4n) is 3.99. The Morgan fingerprint density at radius 1 is 1.00 bits per heavy atom. The molecule has 0 bridgehead atoms. The molecule has 1 amide bonds. The lowest BCUT2D eigenvalue weighted by molar-refractivity contribution is 0.0955. The number of anilines is 2. The van der Waals surface area contributed by atoms with Gasteiger partial charge in [0.05, 0.1) is 22.1 Å². The lowest BCUT2D eigenvalue weighted by Gasteiger charge is -2.15. The summed E-state index contributed by atoms with van der Waals surface area (Å²) in [5, 5.41) is 11.5. The van der Waals surface area contributed by atoms with Crippen molar-refractivity contribution in [1.82, 2.24) is 10.4 Å². The Bertz CT molecular complexity index is 1750. The Hall–Kier alpha value is -3.64. The molecule has 4 aromatic carbocycles. The molecule has 218 valence electrons. The topological polar surface area (TPSA) is 84.8 Å². The number of nitrogens with zero attached hydrogens (tertiary/aromatic N) is 2. The third-order valence-electron chi connectivity index (χ3n) is 6.03. The number of rotatable bonds is 11. The van der Waals surface area contributed by atoms with Crippen LogP contribution < -0.4 is 20.2 Å². The number of halogens is 3. The predicted molar refractivity (Wildman–Crippen MR) is 183 cm³/mol. The third kappa shape index (κ3) is 8.47. The van der Waals surface area contributed by atoms with Crippen molar-refractivity contribution in [3.8, 4) is 22.8 Å². The van der Waals surface area contributed by atoms with Gasteiger partial charge in [-0.2, -0.15) is 5.10 Å². The number of hydrogen-bond acceptors (Lipinski definition) is 7. The largest absolute Gasteiger partial charge is 0.490 e. The van der Waals surface area contributed by atoms with Crippen LogP contribution in [0, 0.1) is 3.57 Å². The molecule has 1 aromatic heterocycles. The van der Waals surface area contributed by atoms with Crippen LogP contribution in [0.1, 0.15) is 28.4 Å². The maximum absolute atomic E-state index is 12.7. The van der Waals surface area contributed by atoms with Crippen LogP contribution in [0.15, 0.2) is 95.4 Å². The minimum absolute atomic E-state index is 0.327. The first-order valence-corrected chi connectivity index (χ1v) is 15.8. The van der Waals surface area contributed by atoms with E-state index in [2.05, 4.69) is 43.4 Å². The van der Waals surface area contributed by atoms with Crippen molar-refractivity contribution in [3.63, 3.8) is 0 Å². The summed E-state index contributed by atoms with van der Waals surface area (Å²) in [6.07, 6.45) is 1.57. The number of carbonyl (C=O) groups excluding carboxylic acids is 1. The summed E-state index contributed by atoms with van der Waals surface area (Å²) in [4.78, 5) is 17.4. The molecule has 0 radical (unpaired) electrons. The number of thiazole rings is 1. The van der Waals surface area contributed by atoms with Gasteiger partial charge in [0.2, 0.25) is 0 Å². The van der Waals surface area contributed by atoms with Gasteiger partial charge in [0.1, 0.15) is 6.61 Å². The van der Waals surface area contributed by atoms with Crippen LogP contribution in [-0.2, 0) is 6.61 Å². The average Bonchev–Trinajstić information content (AvgIpc) is 3.47. The van der Waals surface area contributed by atoms with Crippen LogP contribution >= 0.6 is 57.1 Å². The molecule has 0 aliphatic carbocycles. The van der Waals surface area contributed by atoms with E-state index in [1.807, 2.05) is 85.1 Å². The molecule has 2 N–H and O–H groups in total. The molecule has 0 saturated carbocycles. The maximum Gasteiger partial charge on any atom is 0.271 e. The van der Waals surface area contributed by atoms with Gasteiger partial charge in [-0.25, -0.2) is 10.4 Å². The summed E-state index contributed by atoms with van der Waals surface area (Å²) in [5.41, 5.74) is 7.39. The fourth-order valence-corrected chi connectivity index (χ4v) is 5.85. The number of ether oxygens (including phenoxy) is 2. The molecule has 0 spiro atoms. The summed E-state index contributed by atoms with van der Waals surface area (Å²) in [6.45, 7) is 2.73. The maximum atomic E-state index is 12.7. The van der Waals surface area contributed by atoms with Gasteiger partial charge in [-0.1, -0.05) is 47.5 Å². The number of aromatic nitrogens is 1. The van der Waals surface area contributed by atoms with Gasteiger partial charge in [-0.05, 0) is 101 Å². The monoisotopic (exact) mass is 742 g/mol. The van der Waals surface area contributed by atoms with Crippen molar-refractivity contribution in [1.29, 1.82) is 0 Å². The number of benzene rings is 4. The van der Waals surface area contributed by atoms with E-state index in [1.165, 1.54) is 11.3 Å². The van der Waals surface area contributed by atoms with Gasteiger partial charge in [0.15, 0.2) is 16.6 Å².